The molecule has 0 heterocycles. The number of rotatable bonds is 4. The Kier molecular flexibility index (Phi) is 3.48. The van der Waals surface area contributed by atoms with Gasteiger partial charge in [0.2, 0.25) is 0 Å². The first-order valence-electron chi connectivity index (χ1n) is 9.91. The molecule has 0 aromatic rings. The lowest BCUT2D eigenvalue weighted by atomic mass is 9.48. The molecule has 3 fully saturated rings. The summed E-state index contributed by atoms with van der Waals surface area (Å²) in [5.74, 6) is -3.84. The molecule has 4 bridgehead atoms. The van der Waals surface area contributed by atoms with Gasteiger partial charge >= 0.3 is 0 Å². The summed E-state index contributed by atoms with van der Waals surface area (Å²) in [5, 5.41) is 0. The molecular formula is C22H28O6. The maximum Gasteiger partial charge on any atom is 0.181 e. The normalized spacial score (nSPS) is 51.1. The highest BCUT2D eigenvalue weighted by Gasteiger charge is 2.83. The minimum Gasteiger partial charge on any atom is -0.352 e. The fourth-order valence-electron chi connectivity index (χ4n) is 7.84. The van der Waals surface area contributed by atoms with E-state index < -0.39 is 34.2 Å². The van der Waals surface area contributed by atoms with Crippen LogP contribution in [0, 0.1) is 46.3 Å². The van der Waals surface area contributed by atoms with Gasteiger partial charge < -0.3 is 18.9 Å². The summed E-state index contributed by atoms with van der Waals surface area (Å²) in [6, 6.07) is 0. The Balaban J connectivity index is 1.72. The highest BCUT2D eigenvalue weighted by atomic mass is 16.7. The van der Waals surface area contributed by atoms with Gasteiger partial charge in [-0.25, -0.2) is 0 Å². The van der Waals surface area contributed by atoms with Crippen LogP contribution in [0.5, 0.6) is 0 Å². The topological polar surface area (TPSA) is 71.1 Å². The fourth-order valence-corrected chi connectivity index (χ4v) is 7.84. The van der Waals surface area contributed by atoms with E-state index in [1.54, 1.807) is 28.4 Å². The van der Waals surface area contributed by atoms with E-state index in [4.69, 9.17) is 18.9 Å². The first kappa shape index (κ1) is 18.7. The van der Waals surface area contributed by atoms with Crippen molar-refractivity contribution in [1.29, 1.82) is 0 Å². The molecule has 3 saturated carbocycles. The van der Waals surface area contributed by atoms with Crippen LogP contribution in [-0.2, 0) is 28.5 Å². The number of carbonyl (C=O) groups excluding carboxylic acids is 2. The minimum atomic E-state index is -0.966. The molecule has 8 atom stereocenters. The van der Waals surface area contributed by atoms with Crippen LogP contribution in [0.1, 0.15) is 13.8 Å². The van der Waals surface area contributed by atoms with Gasteiger partial charge in [-0.3, -0.25) is 9.59 Å². The van der Waals surface area contributed by atoms with E-state index in [9.17, 15) is 9.59 Å². The molecule has 0 aliphatic heterocycles. The Bertz CT molecular complexity index is 753. The highest BCUT2D eigenvalue weighted by Crippen LogP contribution is 2.74. The summed E-state index contributed by atoms with van der Waals surface area (Å²) in [6.07, 6.45) is 8.01. The lowest BCUT2D eigenvalue weighted by Crippen LogP contribution is -2.61. The zero-order valence-electron chi connectivity index (χ0n) is 17.2. The Morgan fingerprint density at radius 3 is 1.25 bits per heavy atom. The number of ether oxygens (including phenoxy) is 4. The number of fused-ring (bicyclic) bond motifs is 10. The number of ketones is 2. The Hall–Kier alpha value is -1.34. The lowest BCUT2D eigenvalue weighted by Gasteiger charge is -2.51. The first-order valence-corrected chi connectivity index (χ1v) is 9.91. The van der Waals surface area contributed by atoms with E-state index in [1.807, 2.05) is 38.2 Å². The number of hydrogen-bond acceptors (Lipinski definition) is 6. The van der Waals surface area contributed by atoms with Crippen molar-refractivity contribution in [3.63, 3.8) is 0 Å². The zero-order valence-corrected chi connectivity index (χ0v) is 17.2. The van der Waals surface area contributed by atoms with E-state index in [-0.39, 0.29) is 35.2 Å². The second-order valence-electron chi connectivity index (χ2n) is 9.29. The van der Waals surface area contributed by atoms with E-state index in [1.165, 1.54) is 0 Å². The molecule has 152 valence electrons. The summed E-state index contributed by atoms with van der Waals surface area (Å²) < 4.78 is 23.4. The maximum atomic E-state index is 14.1. The Labute approximate surface area is 165 Å². The van der Waals surface area contributed by atoms with Crippen molar-refractivity contribution in [2.45, 2.75) is 25.4 Å². The molecule has 0 radical (unpaired) electrons. The molecule has 0 aromatic carbocycles. The van der Waals surface area contributed by atoms with Crippen LogP contribution in [-0.4, -0.2) is 51.6 Å². The number of hydrogen-bond donors (Lipinski definition) is 0. The third-order valence-electron chi connectivity index (χ3n) is 9.02. The second-order valence-corrected chi connectivity index (χ2v) is 9.29. The van der Waals surface area contributed by atoms with Crippen molar-refractivity contribution in [2.24, 2.45) is 46.3 Å². The van der Waals surface area contributed by atoms with Gasteiger partial charge in [0.15, 0.2) is 11.6 Å². The summed E-state index contributed by atoms with van der Waals surface area (Å²) in [5.41, 5.74) is -1.73. The average molecular weight is 388 g/mol. The van der Waals surface area contributed by atoms with Crippen molar-refractivity contribution < 1.29 is 28.5 Å². The van der Waals surface area contributed by atoms with Crippen LogP contribution >= 0.6 is 0 Å². The predicted molar refractivity (Wildman–Crippen MR) is 98.9 cm³/mol. The highest BCUT2D eigenvalue weighted by molar-refractivity contribution is 6.07. The molecule has 0 N–H and O–H groups in total. The van der Waals surface area contributed by atoms with E-state index in [2.05, 4.69) is 0 Å². The molecule has 5 aliphatic rings. The van der Waals surface area contributed by atoms with Gasteiger partial charge in [0, 0.05) is 74.8 Å². The van der Waals surface area contributed by atoms with Gasteiger partial charge in [-0.05, 0) is 0 Å². The molecule has 6 heteroatoms. The van der Waals surface area contributed by atoms with Crippen LogP contribution in [0.2, 0.25) is 0 Å². The van der Waals surface area contributed by atoms with Crippen LogP contribution in [0.4, 0.5) is 0 Å². The molecule has 6 nitrogen and oxygen atoms in total. The van der Waals surface area contributed by atoms with Crippen molar-refractivity contribution in [2.75, 3.05) is 28.4 Å². The predicted octanol–water partition coefficient (Wildman–Crippen LogP) is 1.99. The number of Topliss-reactive ketones (excluding diaryl/α,β-unsaturated/α-hetero) is 2. The van der Waals surface area contributed by atoms with Crippen molar-refractivity contribution >= 4 is 11.6 Å². The van der Waals surface area contributed by atoms with Gasteiger partial charge in [-0.1, -0.05) is 38.2 Å². The van der Waals surface area contributed by atoms with Gasteiger partial charge in [-0.2, -0.15) is 0 Å². The molecule has 28 heavy (non-hydrogen) atoms. The maximum absolute atomic E-state index is 14.1. The van der Waals surface area contributed by atoms with E-state index >= 15 is 0 Å². The quantitative estimate of drug-likeness (QED) is 0.542. The summed E-state index contributed by atoms with van der Waals surface area (Å²) >= 11 is 0. The molecular weight excluding hydrogens is 360 g/mol. The standard InChI is InChI=1S/C22H28O6/c1-19-13-9-7-11(21(13,25-3)26-4)15(19)18(24)20(2)14-10-8-12(16(20)17(19)23)22(14,27-5)28-6/h7-16H,1-6H3/t11-,12-,13+,14+,15-,16-,19-,20-/m1/s1. The number of carbonyl (C=O) groups is 2. The Morgan fingerprint density at radius 2 is 0.964 bits per heavy atom. The smallest absolute Gasteiger partial charge is 0.181 e. The molecule has 0 amide bonds. The SMILES string of the molecule is COC1(OC)[C@@H]2C=C[C@H]1[C@@]1(C)C(=O)[C@H]3[C@H]4C=C[C@H](C4(OC)OC)[C@@]3(C)C(=O)[C@@H]21. The van der Waals surface area contributed by atoms with E-state index in [0.29, 0.717) is 0 Å². The molecule has 0 aromatic heterocycles. The fraction of sp³-hybridized carbons (Fsp3) is 0.727. The minimum absolute atomic E-state index is 0.102. The first-order chi connectivity index (χ1) is 13.3. The monoisotopic (exact) mass is 388 g/mol. The van der Waals surface area contributed by atoms with Gasteiger partial charge in [0.05, 0.1) is 0 Å². The third-order valence-corrected chi connectivity index (χ3v) is 9.02. The zero-order chi connectivity index (χ0) is 20.3. The molecule has 0 saturated heterocycles. The van der Waals surface area contributed by atoms with Crippen molar-refractivity contribution in [1.82, 2.24) is 0 Å². The molecule has 5 aliphatic carbocycles. The van der Waals surface area contributed by atoms with E-state index in [0.717, 1.165) is 0 Å². The van der Waals surface area contributed by atoms with Gasteiger partial charge in [0.1, 0.15) is 11.6 Å². The van der Waals surface area contributed by atoms with Crippen molar-refractivity contribution in [3.05, 3.63) is 24.3 Å². The van der Waals surface area contributed by atoms with Gasteiger partial charge in [-0.15, -0.1) is 0 Å². The molecule has 5 rings (SSSR count). The summed E-state index contributed by atoms with van der Waals surface area (Å²) in [6.45, 7) is 3.85. The third kappa shape index (κ3) is 1.48. The molecule has 0 spiro atoms. The summed E-state index contributed by atoms with van der Waals surface area (Å²) in [4.78, 5) is 28.3. The van der Waals surface area contributed by atoms with Crippen LogP contribution in [0.15, 0.2) is 24.3 Å². The molecule has 0 unspecified atom stereocenters. The average Bonchev–Trinajstić information content (AvgIpc) is 3.37. The lowest BCUT2D eigenvalue weighted by molar-refractivity contribution is -0.239. The van der Waals surface area contributed by atoms with Crippen molar-refractivity contribution in [3.8, 4) is 0 Å². The van der Waals surface area contributed by atoms with Crippen LogP contribution < -0.4 is 0 Å². The van der Waals surface area contributed by atoms with Gasteiger partial charge in [0.25, 0.3) is 0 Å². The summed E-state index contributed by atoms with van der Waals surface area (Å²) in [7, 11) is 6.39. The second kappa shape index (κ2) is 5.22. The van der Waals surface area contributed by atoms with Crippen LogP contribution in [0.25, 0.3) is 0 Å². The number of methoxy groups -OCH3 is 4. The largest absolute Gasteiger partial charge is 0.352 e. The van der Waals surface area contributed by atoms with Crippen LogP contribution in [0.3, 0.4) is 0 Å². The Morgan fingerprint density at radius 1 is 0.643 bits per heavy atom.